The first-order chi connectivity index (χ1) is 9.92. The van der Waals surface area contributed by atoms with Crippen molar-refractivity contribution >= 4 is 0 Å². The van der Waals surface area contributed by atoms with E-state index in [-0.39, 0.29) is 6.10 Å². The molecule has 2 atom stereocenters. The second-order valence-corrected chi connectivity index (χ2v) is 6.21. The van der Waals surface area contributed by atoms with E-state index < -0.39 is 6.10 Å². The molecule has 0 heterocycles. The molecule has 0 bridgehead atoms. The van der Waals surface area contributed by atoms with E-state index in [1.54, 1.807) is 0 Å². The smallest absolute Gasteiger partial charge is 0.0900 e. The zero-order chi connectivity index (χ0) is 15.8. The molecule has 0 saturated carbocycles. The number of aliphatic hydroxyl groups is 1. The maximum Gasteiger partial charge on any atom is 0.0900 e. The predicted molar refractivity (Wildman–Crippen MR) is 88.4 cm³/mol. The quantitative estimate of drug-likeness (QED) is 0.757. The van der Waals surface area contributed by atoms with Gasteiger partial charge in [0, 0.05) is 19.1 Å². The highest BCUT2D eigenvalue weighted by Gasteiger charge is 2.17. The topological polar surface area (TPSA) is 32.7 Å². The van der Waals surface area contributed by atoms with Crippen molar-refractivity contribution in [3.63, 3.8) is 0 Å². The van der Waals surface area contributed by atoms with Crippen molar-refractivity contribution in [1.29, 1.82) is 0 Å². The van der Waals surface area contributed by atoms with Crippen LogP contribution >= 0.6 is 0 Å². The van der Waals surface area contributed by atoms with Gasteiger partial charge in [-0.1, -0.05) is 36.8 Å². The fourth-order valence-electron chi connectivity index (χ4n) is 2.33. The fraction of sp³-hybridized carbons (Fsp3) is 0.667. The van der Waals surface area contributed by atoms with Crippen molar-refractivity contribution in [2.75, 3.05) is 13.2 Å². The molecular weight excluding hydrogens is 262 g/mol. The summed E-state index contributed by atoms with van der Waals surface area (Å²) in [6.45, 7) is 12.4. The normalized spacial score (nSPS) is 14.7. The number of ether oxygens (including phenoxy) is 1. The van der Waals surface area contributed by atoms with Crippen molar-refractivity contribution < 1.29 is 9.84 Å². The molecule has 0 saturated heterocycles. The minimum atomic E-state index is -0.439. The van der Waals surface area contributed by atoms with E-state index in [2.05, 4.69) is 49.9 Å². The average Bonchev–Trinajstić information content (AvgIpc) is 2.43. The van der Waals surface area contributed by atoms with Gasteiger partial charge in [0.15, 0.2) is 0 Å². The minimum absolute atomic E-state index is 0.161. The van der Waals surface area contributed by atoms with Gasteiger partial charge in [-0.3, -0.25) is 4.90 Å². The molecule has 0 aliphatic rings. The zero-order valence-electron chi connectivity index (χ0n) is 14.2. The lowest BCUT2D eigenvalue weighted by atomic mass is 10.1. The molecule has 0 radical (unpaired) electrons. The Morgan fingerprint density at radius 1 is 1.24 bits per heavy atom. The van der Waals surface area contributed by atoms with E-state index in [0.717, 1.165) is 13.0 Å². The number of aliphatic hydroxyl groups excluding tert-OH is 1. The van der Waals surface area contributed by atoms with Crippen LogP contribution < -0.4 is 0 Å². The molecule has 0 fully saturated rings. The van der Waals surface area contributed by atoms with Crippen molar-refractivity contribution in [2.45, 2.75) is 65.8 Å². The molecule has 3 nitrogen and oxygen atoms in total. The Kier molecular flexibility index (Phi) is 7.94. The van der Waals surface area contributed by atoms with Gasteiger partial charge in [0.2, 0.25) is 0 Å². The van der Waals surface area contributed by atoms with E-state index >= 15 is 0 Å². The van der Waals surface area contributed by atoms with Gasteiger partial charge in [-0.2, -0.15) is 0 Å². The number of rotatable bonds is 9. The third-order valence-electron chi connectivity index (χ3n) is 3.75. The van der Waals surface area contributed by atoms with Crippen LogP contribution in [0.25, 0.3) is 0 Å². The van der Waals surface area contributed by atoms with Gasteiger partial charge in [0.25, 0.3) is 0 Å². The Morgan fingerprint density at radius 3 is 2.52 bits per heavy atom. The Bertz CT molecular complexity index is 406. The lowest BCUT2D eigenvalue weighted by molar-refractivity contribution is -0.0149. The monoisotopic (exact) mass is 293 g/mol. The summed E-state index contributed by atoms with van der Waals surface area (Å²) in [6.07, 6.45) is 0.795. The first-order valence-corrected chi connectivity index (χ1v) is 8.01. The number of hydrogen-bond donors (Lipinski definition) is 1. The van der Waals surface area contributed by atoms with Crippen LogP contribution in [0.15, 0.2) is 24.3 Å². The molecule has 1 rings (SSSR count). The standard InChI is InChI=1S/C18H31NO2/c1-6-16(5)19(12-18(20)13-21-14(2)3)11-17-9-7-8-15(4)10-17/h7-10,14,16,18,20H,6,11-13H2,1-5H3/t16-,18-/m1/s1. The highest BCUT2D eigenvalue weighted by Crippen LogP contribution is 2.13. The second-order valence-electron chi connectivity index (χ2n) is 6.21. The van der Waals surface area contributed by atoms with Crippen LogP contribution in [0.5, 0.6) is 0 Å². The van der Waals surface area contributed by atoms with Gasteiger partial charge in [-0.15, -0.1) is 0 Å². The van der Waals surface area contributed by atoms with Gasteiger partial charge in [-0.25, -0.2) is 0 Å². The van der Waals surface area contributed by atoms with E-state index in [4.69, 9.17) is 4.74 Å². The lowest BCUT2D eigenvalue weighted by Crippen LogP contribution is -2.40. The van der Waals surface area contributed by atoms with E-state index in [1.165, 1.54) is 11.1 Å². The molecule has 21 heavy (non-hydrogen) atoms. The summed E-state index contributed by atoms with van der Waals surface area (Å²) < 4.78 is 5.51. The minimum Gasteiger partial charge on any atom is -0.389 e. The van der Waals surface area contributed by atoms with E-state index in [0.29, 0.717) is 19.2 Å². The van der Waals surface area contributed by atoms with Crippen LogP contribution in [0.2, 0.25) is 0 Å². The Labute approximate surface area is 129 Å². The summed E-state index contributed by atoms with van der Waals surface area (Å²) in [6, 6.07) is 9.02. The molecule has 0 amide bonds. The summed E-state index contributed by atoms with van der Waals surface area (Å²) >= 11 is 0. The van der Waals surface area contributed by atoms with Crippen LogP contribution in [0.4, 0.5) is 0 Å². The Morgan fingerprint density at radius 2 is 1.95 bits per heavy atom. The van der Waals surface area contributed by atoms with Crippen LogP contribution in [0.1, 0.15) is 45.2 Å². The molecule has 120 valence electrons. The van der Waals surface area contributed by atoms with Gasteiger partial charge in [0.05, 0.1) is 18.8 Å². The van der Waals surface area contributed by atoms with E-state index in [1.807, 2.05) is 13.8 Å². The number of hydrogen-bond acceptors (Lipinski definition) is 3. The number of benzene rings is 1. The fourth-order valence-corrected chi connectivity index (χ4v) is 2.33. The highest BCUT2D eigenvalue weighted by molar-refractivity contribution is 5.22. The van der Waals surface area contributed by atoms with Crippen LogP contribution in [-0.2, 0) is 11.3 Å². The molecule has 1 aromatic rings. The molecule has 0 aliphatic carbocycles. The third kappa shape index (κ3) is 7.07. The van der Waals surface area contributed by atoms with Crippen molar-refractivity contribution in [3.05, 3.63) is 35.4 Å². The zero-order valence-corrected chi connectivity index (χ0v) is 14.2. The van der Waals surface area contributed by atoms with Crippen LogP contribution in [0.3, 0.4) is 0 Å². The van der Waals surface area contributed by atoms with Gasteiger partial charge >= 0.3 is 0 Å². The largest absolute Gasteiger partial charge is 0.389 e. The van der Waals surface area contributed by atoms with Gasteiger partial charge in [-0.05, 0) is 39.7 Å². The SMILES string of the molecule is CC[C@@H](C)N(Cc1cccc(C)c1)C[C@@H](O)COC(C)C. The maximum atomic E-state index is 10.2. The Hall–Kier alpha value is -0.900. The molecule has 0 aliphatic heterocycles. The first kappa shape index (κ1) is 18.1. The second kappa shape index (κ2) is 9.19. The molecule has 0 aromatic heterocycles. The highest BCUT2D eigenvalue weighted by atomic mass is 16.5. The van der Waals surface area contributed by atoms with Crippen LogP contribution in [0, 0.1) is 6.92 Å². The van der Waals surface area contributed by atoms with Gasteiger partial charge in [0.1, 0.15) is 0 Å². The van der Waals surface area contributed by atoms with Crippen molar-refractivity contribution in [3.8, 4) is 0 Å². The number of nitrogens with zero attached hydrogens (tertiary/aromatic N) is 1. The molecule has 1 aromatic carbocycles. The summed E-state index contributed by atoms with van der Waals surface area (Å²) in [5, 5.41) is 10.2. The molecular formula is C18H31NO2. The summed E-state index contributed by atoms with van der Waals surface area (Å²) in [5.41, 5.74) is 2.58. The molecule has 3 heteroatoms. The van der Waals surface area contributed by atoms with Gasteiger partial charge < -0.3 is 9.84 Å². The predicted octanol–water partition coefficient (Wildman–Crippen LogP) is 3.38. The summed E-state index contributed by atoms with van der Waals surface area (Å²) in [4.78, 5) is 2.34. The first-order valence-electron chi connectivity index (χ1n) is 8.01. The Balaban J connectivity index is 2.63. The summed E-state index contributed by atoms with van der Waals surface area (Å²) in [7, 11) is 0. The average molecular weight is 293 g/mol. The molecule has 0 spiro atoms. The summed E-state index contributed by atoms with van der Waals surface area (Å²) in [5.74, 6) is 0. The lowest BCUT2D eigenvalue weighted by Gasteiger charge is -2.30. The van der Waals surface area contributed by atoms with Crippen molar-refractivity contribution in [2.24, 2.45) is 0 Å². The third-order valence-corrected chi connectivity index (χ3v) is 3.75. The van der Waals surface area contributed by atoms with Crippen molar-refractivity contribution in [1.82, 2.24) is 4.90 Å². The maximum absolute atomic E-state index is 10.2. The number of aryl methyl sites for hydroxylation is 1. The molecule has 1 N–H and O–H groups in total. The molecule has 0 unspecified atom stereocenters. The van der Waals surface area contributed by atoms with E-state index in [9.17, 15) is 5.11 Å². The van der Waals surface area contributed by atoms with Crippen LogP contribution in [-0.4, -0.2) is 41.4 Å².